The van der Waals surface area contributed by atoms with Crippen LogP contribution in [0, 0.1) is 12.8 Å². The largest absolute Gasteiger partial charge is 0.493 e. The van der Waals surface area contributed by atoms with E-state index in [4.69, 9.17) is 9.47 Å². The summed E-state index contributed by atoms with van der Waals surface area (Å²) in [7, 11) is 0. The van der Waals surface area contributed by atoms with Crippen LogP contribution in [0.15, 0.2) is 24.3 Å². The van der Waals surface area contributed by atoms with Gasteiger partial charge in [-0.15, -0.1) is 0 Å². The zero-order valence-corrected chi connectivity index (χ0v) is 16.0. The molecule has 2 heterocycles. The average molecular weight is 360 g/mol. The van der Waals surface area contributed by atoms with Gasteiger partial charge < -0.3 is 14.4 Å². The molecule has 0 unspecified atom stereocenters. The lowest BCUT2D eigenvalue weighted by Crippen LogP contribution is -2.42. The first-order chi connectivity index (χ1) is 12.7. The van der Waals surface area contributed by atoms with E-state index in [-0.39, 0.29) is 0 Å². The van der Waals surface area contributed by atoms with Crippen LogP contribution in [-0.2, 0) is 9.53 Å². The highest BCUT2D eigenvalue weighted by Gasteiger charge is 2.24. The number of hydrogen-bond acceptors (Lipinski definition) is 4. The van der Waals surface area contributed by atoms with Crippen LogP contribution in [0.4, 0.5) is 0 Å². The number of morpholine rings is 1. The minimum absolute atomic E-state index is 0.304. The minimum Gasteiger partial charge on any atom is -0.493 e. The molecule has 1 atom stereocenters. The van der Waals surface area contributed by atoms with Crippen molar-refractivity contribution in [3.8, 4) is 5.75 Å². The van der Waals surface area contributed by atoms with Gasteiger partial charge in [-0.25, -0.2) is 0 Å². The summed E-state index contributed by atoms with van der Waals surface area (Å²) in [4.78, 5) is 17.0. The summed E-state index contributed by atoms with van der Waals surface area (Å²) in [5, 5.41) is 0. The molecule has 2 aliphatic rings. The lowest BCUT2D eigenvalue weighted by atomic mass is 9.98. The Kier molecular flexibility index (Phi) is 7.32. The van der Waals surface area contributed by atoms with Gasteiger partial charge in [0.1, 0.15) is 5.75 Å². The molecule has 1 amide bonds. The van der Waals surface area contributed by atoms with Crippen LogP contribution in [0.1, 0.15) is 31.2 Å². The van der Waals surface area contributed by atoms with Gasteiger partial charge in [0.05, 0.1) is 19.8 Å². The zero-order valence-electron chi connectivity index (χ0n) is 16.0. The molecule has 2 fully saturated rings. The predicted octanol–water partition coefficient (Wildman–Crippen LogP) is 2.72. The topological polar surface area (TPSA) is 42.0 Å². The average Bonchev–Trinajstić information content (AvgIpc) is 2.67. The predicted molar refractivity (Wildman–Crippen MR) is 102 cm³/mol. The van der Waals surface area contributed by atoms with Crippen LogP contribution in [0.25, 0.3) is 0 Å². The Morgan fingerprint density at radius 3 is 2.92 bits per heavy atom. The molecule has 0 N–H and O–H groups in total. The van der Waals surface area contributed by atoms with E-state index in [0.717, 1.165) is 70.9 Å². The summed E-state index contributed by atoms with van der Waals surface area (Å²) in [5.74, 6) is 1.67. The van der Waals surface area contributed by atoms with E-state index in [1.54, 1.807) is 0 Å². The number of carbonyl (C=O) groups is 1. The molecule has 5 nitrogen and oxygen atoms in total. The number of rotatable bonds is 7. The fraction of sp³-hybridized carbons (Fsp3) is 0.667. The Labute approximate surface area is 157 Å². The highest BCUT2D eigenvalue weighted by Crippen LogP contribution is 2.20. The molecule has 0 spiro atoms. The molecule has 3 rings (SSSR count). The summed E-state index contributed by atoms with van der Waals surface area (Å²) >= 11 is 0. The van der Waals surface area contributed by atoms with Gasteiger partial charge in [0.2, 0.25) is 5.91 Å². The van der Waals surface area contributed by atoms with E-state index in [1.165, 1.54) is 5.56 Å². The first-order valence-corrected chi connectivity index (χ1v) is 9.98. The molecule has 1 aromatic carbocycles. The van der Waals surface area contributed by atoms with Gasteiger partial charge in [0.15, 0.2) is 0 Å². The van der Waals surface area contributed by atoms with Gasteiger partial charge in [-0.3, -0.25) is 9.69 Å². The maximum atomic E-state index is 12.5. The SMILES string of the molecule is Cc1cccc(OC[C@H]2CCCN(C(=O)CCCN3CCOCC3)C2)c1. The molecule has 0 radical (unpaired) electrons. The number of hydrogen-bond donors (Lipinski definition) is 0. The maximum Gasteiger partial charge on any atom is 0.222 e. The zero-order chi connectivity index (χ0) is 18.2. The van der Waals surface area contributed by atoms with Gasteiger partial charge in [0, 0.05) is 38.5 Å². The van der Waals surface area contributed by atoms with Crippen molar-refractivity contribution in [2.45, 2.75) is 32.6 Å². The minimum atomic E-state index is 0.304. The fourth-order valence-electron chi connectivity index (χ4n) is 3.78. The second-order valence-electron chi connectivity index (χ2n) is 7.53. The second-order valence-corrected chi connectivity index (χ2v) is 7.53. The molecule has 26 heavy (non-hydrogen) atoms. The highest BCUT2D eigenvalue weighted by atomic mass is 16.5. The van der Waals surface area contributed by atoms with Gasteiger partial charge in [-0.1, -0.05) is 12.1 Å². The van der Waals surface area contributed by atoms with E-state index in [0.29, 0.717) is 24.9 Å². The molecule has 0 bridgehead atoms. The summed E-state index contributed by atoms with van der Waals surface area (Å²) < 4.78 is 11.3. The van der Waals surface area contributed by atoms with E-state index < -0.39 is 0 Å². The molecule has 1 aromatic rings. The van der Waals surface area contributed by atoms with Crippen molar-refractivity contribution >= 4 is 5.91 Å². The van der Waals surface area contributed by atoms with E-state index >= 15 is 0 Å². The third-order valence-corrected chi connectivity index (χ3v) is 5.32. The van der Waals surface area contributed by atoms with Crippen molar-refractivity contribution in [2.24, 2.45) is 5.92 Å². The van der Waals surface area contributed by atoms with E-state index in [2.05, 4.69) is 24.0 Å². The molecular formula is C21H32N2O3. The fourth-order valence-corrected chi connectivity index (χ4v) is 3.78. The number of piperidine rings is 1. The van der Waals surface area contributed by atoms with Crippen molar-refractivity contribution in [3.05, 3.63) is 29.8 Å². The van der Waals surface area contributed by atoms with Gasteiger partial charge in [0.25, 0.3) is 0 Å². The molecule has 0 aliphatic carbocycles. The quantitative estimate of drug-likeness (QED) is 0.750. The first kappa shape index (κ1) is 19.2. The van der Waals surface area contributed by atoms with E-state index in [9.17, 15) is 4.79 Å². The number of aryl methyl sites for hydroxylation is 1. The number of ether oxygens (including phenoxy) is 2. The molecule has 5 heteroatoms. The Morgan fingerprint density at radius 1 is 1.27 bits per heavy atom. The number of amides is 1. The molecular weight excluding hydrogens is 328 g/mol. The maximum absolute atomic E-state index is 12.5. The van der Waals surface area contributed by atoms with Crippen molar-refractivity contribution in [1.82, 2.24) is 9.80 Å². The Balaban J connectivity index is 1.37. The van der Waals surface area contributed by atoms with Crippen LogP contribution < -0.4 is 4.74 Å². The first-order valence-electron chi connectivity index (χ1n) is 9.98. The lowest BCUT2D eigenvalue weighted by molar-refractivity contribution is -0.133. The smallest absolute Gasteiger partial charge is 0.222 e. The Morgan fingerprint density at radius 2 is 2.12 bits per heavy atom. The van der Waals surface area contributed by atoms with Crippen LogP contribution in [-0.4, -0.2) is 68.3 Å². The standard InChI is InChI=1S/C21H32N2O3/c1-18-5-2-7-20(15-18)26-17-19-6-3-10-23(16-19)21(24)8-4-9-22-11-13-25-14-12-22/h2,5,7,15,19H,3-4,6,8-14,16-17H2,1H3/t19-/m0/s1. The summed E-state index contributed by atoms with van der Waals surface area (Å²) in [5.41, 5.74) is 1.21. The molecule has 144 valence electrons. The number of nitrogens with zero attached hydrogens (tertiary/aromatic N) is 2. The summed E-state index contributed by atoms with van der Waals surface area (Å²) in [6.45, 7) is 9.14. The van der Waals surface area contributed by atoms with Crippen LogP contribution >= 0.6 is 0 Å². The third-order valence-electron chi connectivity index (χ3n) is 5.32. The number of likely N-dealkylation sites (tertiary alicyclic amines) is 1. The van der Waals surface area contributed by atoms with Crippen LogP contribution in [0.3, 0.4) is 0 Å². The van der Waals surface area contributed by atoms with Crippen molar-refractivity contribution in [2.75, 3.05) is 52.5 Å². The Hall–Kier alpha value is -1.59. The monoisotopic (exact) mass is 360 g/mol. The van der Waals surface area contributed by atoms with Crippen LogP contribution in [0.2, 0.25) is 0 Å². The van der Waals surface area contributed by atoms with Crippen molar-refractivity contribution < 1.29 is 14.3 Å². The second kappa shape index (κ2) is 9.93. The highest BCUT2D eigenvalue weighted by molar-refractivity contribution is 5.76. The Bertz CT molecular complexity index is 572. The molecule has 2 saturated heterocycles. The van der Waals surface area contributed by atoms with Crippen molar-refractivity contribution in [1.29, 1.82) is 0 Å². The summed E-state index contributed by atoms with van der Waals surface area (Å²) in [6.07, 6.45) is 3.82. The van der Waals surface area contributed by atoms with E-state index in [1.807, 2.05) is 17.0 Å². The van der Waals surface area contributed by atoms with Gasteiger partial charge in [-0.2, -0.15) is 0 Å². The third kappa shape index (κ3) is 5.99. The van der Waals surface area contributed by atoms with Gasteiger partial charge in [-0.05, 0) is 50.4 Å². The molecule has 0 saturated carbocycles. The van der Waals surface area contributed by atoms with Crippen LogP contribution in [0.5, 0.6) is 5.75 Å². The summed E-state index contributed by atoms with van der Waals surface area (Å²) in [6, 6.07) is 8.17. The molecule has 0 aromatic heterocycles. The normalized spacial score (nSPS) is 21.6. The number of carbonyl (C=O) groups excluding carboxylic acids is 1. The number of benzene rings is 1. The van der Waals surface area contributed by atoms with Gasteiger partial charge >= 0.3 is 0 Å². The lowest BCUT2D eigenvalue weighted by Gasteiger charge is -2.33. The molecule has 2 aliphatic heterocycles. The van der Waals surface area contributed by atoms with Crippen molar-refractivity contribution in [3.63, 3.8) is 0 Å².